The van der Waals surface area contributed by atoms with Gasteiger partial charge in [0.25, 0.3) is 0 Å². The summed E-state index contributed by atoms with van der Waals surface area (Å²) in [6.45, 7) is 11.8. The van der Waals surface area contributed by atoms with Crippen molar-refractivity contribution in [3.63, 3.8) is 0 Å². The molecule has 0 aliphatic heterocycles. The van der Waals surface area contributed by atoms with Gasteiger partial charge in [-0.1, -0.05) is 32.1 Å². The summed E-state index contributed by atoms with van der Waals surface area (Å²) in [7, 11) is 0.939. The Morgan fingerprint density at radius 2 is 1.65 bits per heavy atom. The zero-order valence-corrected chi connectivity index (χ0v) is 13.9. The molecule has 1 atom stereocenters. The van der Waals surface area contributed by atoms with Crippen LogP contribution >= 0.6 is 11.6 Å². The molecule has 17 heavy (non-hydrogen) atoms. The molecular formula is C13H31ClNOSi+. The van der Waals surface area contributed by atoms with Crippen LogP contribution in [0.5, 0.6) is 0 Å². The molecule has 0 radical (unpaired) electrons. The summed E-state index contributed by atoms with van der Waals surface area (Å²) < 4.78 is 5.10. The van der Waals surface area contributed by atoms with Crippen LogP contribution < -0.4 is 4.90 Å². The highest BCUT2D eigenvalue weighted by atomic mass is 35.5. The van der Waals surface area contributed by atoms with Crippen LogP contribution in [0.3, 0.4) is 0 Å². The molecule has 0 aliphatic carbocycles. The highest BCUT2D eigenvalue weighted by Crippen LogP contribution is 2.11. The van der Waals surface area contributed by atoms with Crippen molar-refractivity contribution in [2.24, 2.45) is 0 Å². The lowest BCUT2D eigenvalue weighted by molar-refractivity contribution is -0.898. The number of nitrogens with one attached hydrogen (secondary N) is 1. The Kier molecular flexibility index (Phi) is 10.6. The van der Waals surface area contributed by atoms with Gasteiger partial charge in [0.15, 0.2) is 0 Å². The number of hydrogen-bond acceptors (Lipinski definition) is 1. The summed E-state index contributed by atoms with van der Waals surface area (Å²) >= 11 is 5.85. The first-order chi connectivity index (χ1) is 7.99. The summed E-state index contributed by atoms with van der Waals surface area (Å²) in [6.07, 6.45) is 3.89. The maximum Gasteiger partial charge on any atom is 0.0908 e. The number of halogens is 1. The van der Waals surface area contributed by atoms with Crippen molar-refractivity contribution in [2.75, 3.05) is 39.2 Å². The molecule has 0 saturated carbocycles. The average Bonchev–Trinajstić information content (AvgIpc) is 2.23. The number of ether oxygens (including phenoxy) is 1. The van der Waals surface area contributed by atoms with Gasteiger partial charge in [0.2, 0.25) is 0 Å². The van der Waals surface area contributed by atoms with Crippen LogP contribution in [0, 0.1) is 0 Å². The third-order valence-electron chi connectivity index (χ3n) is 3.03. The maximum atomic E-state index is 5.85. The standard InChI is InChI=1S/C13H30ClNOSi/c1-16-12-7-10-15(11-8-14)9-5-6-13-17(2,3)4/h5-13H2,1-4H3/p+1. The summed E-state index contributed by atoms with van der Waals surface area (Å²) in [5.74, 6) is 0.774. The van der Waals surface area contributed by atoms with E-state index in [4.69, 9.17) is 16.3 Å². The second-order valence-electron chi connectivity index (χ2n) is 6.05. The first-order valence-corrected chi connectivity index (χ1v) is 11.1. The third-order valence-corrected chi connectivity index (χ3v) is 5.08. The molecule has 0 bridgehead atoms. The lowest BCUT2D eigenvalue weighted by atomic mass is 10.3. The molecule has 2 nitrogen and oxygen atoms in total. The monoisotopic (exact) mass is 280 g/mol. The Labute approximate surface area is 114 Å². The van der Waals surface area contributed by atoms with Gasteiger partial charge in [-0.2, -0.15) is 0 Å². The predicted molar refractivity (Wildman–Crippen MR) is 80.2 cm³/mol. The van der Waals surface area contributed by atoms with Crippen molar-refractivity contribution in [1.82, 2.24) is 0 Å². The molecule has 0 aromatic heterocycles. The van der Waals surface area contributed by atoms with Gasteiger partial charge in [0, 0.05) is 21.6 Å². The van der Waals surface area contributed by atoms with Gasteiger partial charge in [0.05, 0.1) is 32.1 Å². The van der Waals surface area contributed by atoms with E-state index in [2.05, 4.69) is 19.6 Å². The Balaban J connectivity index is 3.61. The van der Waals surface area contributed by atoms with Crippen LogP contribution in [-0.4, -0.2) is 47.3 Å². The second-order valence-corrected chi connectivity index (χ2v) is 12.1. The largest absolute Gasteiger partial charge is 0.384 e. The lowest BCUT2D eigenvalue weighted by Gasteiger charge is -2.20. The third kappa shape index (κ3) is 12.7. The van der Waals surface area contributed by atoms with E-state index >= 15 is 0 Å². The van der Waals surface area contributed by atoms with Gasteiger partial charge in [-0.15, -0.1) is 11.6 Å². The van der Waals surface area contributed by atoms with E-state index in [1.807, 2.05) is 0 Å². The van der Waals surface area contributed by atoms with Gasteiger partial charge in [-0.25, -0.2) is 0 Å². The predicted octanol–water partition coefficient (Wildman–Crippen LogP) is 2.26. The van der Waals surface area contributed by atoms with Gasteiger partial charge in [0.1, 0.15) is 0 Å². The number of quaternary nitrogens is 1. The maximum absolute atomic E-state index is 5.85. The molecule has 0 aromatic carbocycles. The van der Waals surface area contributed by atoms with Crippen LogP contribution in [0.1, 0.15) is 19.3 Å². The van der Waals surface area contributed by atoms with E-state index in [0.717, 1.165) is 25.5 Å². The van der Waals surface area contributed by atoms with Gasteiger partial charge in [-0.05, 0) is 6.42 Å². The molecule has 0 rings (SSSR count). The zero-order valence-electron chi connectivity index (χ0n) is 12.2. The molecule has 1 unspecified atom stereocenters. The van der Waals surface area contributed by atoms with Gasteiger partial charge < -0.3 is 9.64 Å². The number of unbranched alkanes of at least 4 members (excludes halogenated alkanes) is 1. The van der Waals surface area contributed by atoms with Crippen molar-refractivity contribution in [2.45, 2.75) is 44.9 Å². The molecular weight excluding hydrogens is 250 g/mol. The number of alkyl halides is 1. The molecule has 0 spiro atoms. The fourth-order valence-electron chi connectivity index (χ4n) is 2.01. The summed E-state index contributed by atoms with van der Waals surface area (Å²) in [6, 6.07) is 1.46. The summed E-state index contributed by atoms with van der Waals surface area (Å²) in [5, 5.41) is 0. The SMILES string of the molecule is COCCC[NH+](CCCl)CCCC[Si](C)(C)C. The molecule has 1 N–H and O–H groups in total. The number of hydrogen-bond donors (Lipinski definition) is 1. The first kappa shape index (κ1) is 17.4. The van der Waals surface area contributed by atoms with E-state index in [9.17, 15) is 0 Å². The fraction of sp³-hybridized carbons (Fsp3) is 1.00. The average molecular weight is 281 g/mol. The number of rotatable bonds is 11. The molecule has 0 saturated heterocycles. The van der Waals surface area contributed by atoms with E-state index in [1.54, 1.807) is 12.0 Å². The smallest absolute Gasteiger partial charge is 0.0908 e. The van der Waals surface area contributed by atoms with Crippen molar-refractivity contribution in [3.8, 4) is 0 Å². The lowest BCUT2D eigenvalue weighted by Crippen LogP contribution is -3.12. The zero-order chi connectivity index (χ0) is 13.1. The topological polar surface area (TPSA) is 13.7 Å². The molecule has 0 amide bonds. The van der Waals surface area contributed by atoms with Crippen LogP contribution in [0.25, 0.3) is 0 Å². The number of methoxy groups -OCH3 is 1. The van der Waals surface area contributed by atoms with Crippen LogP contribution in [0.4, 0.5) is 0 Å². The van der Waals surface area contributed by atoms with Gasteiger partial charge in [-0.3, -0.25) is 0 Å². The Morgan fingerprint density at radius 1 is 1.00 bits per heavy atom. The first-order valence-electron chi connectivity index (χ1n) is 6.88. The van der Waals surface area contributed by atoms with Crippen LogP contribution in [0.2, 0.25) is 25.7 Å². The Morgan fingerprint density at radius 3 is 2.18 bits per heavy atom. The van der Waals surface area contributed by atoms with Crippen molar-refractivity contribution >= 4 is 19.7 Å². The molecule has 0 aliphatic rings. The quantitative estimate of drug-likeness (QED) is 0.348. The highest BCUT2D eigenvalue weighted by Gasteiger charge is 2.13. The minimum atomic E-state index is -0.834. The van der Waals surface area contributed by atoms with Crippen LogP contribution in [0.15, 0.2) is 0 Å². The van der Waals surface area contributed by atoms with Crippen molar-refractivity contribution in [1.29, 1.82) is 0 Å². The minimum absolute atomic E-state index is 0.774. The summed E-state index contributed by atoms with van der Waals surface area (Å²) in [5.41, 5.74) is 0. The Bertz CT molecular complexity index is 173. The highest BCUT2D eigenvalue weighted by molar-refractivity contribution is 6.76. The second kappa shape index (κ2) is 10.4. The van der Waals surface area contributed by atoms with Crippen molar-refractivity contribution in [3.05, 3.63) is 0 Å². The van der Waals surface area contributed by atoms with E-state index < -0.39 is 8.07 Å². The fourth-order valence-corrected chi connectivity index (χ4v) is 3.58. The van der Waals surface area contributed by atoms with Crippen LogP contribution in [-0.2, 0) is 4.74 Å². The molecule has 0 fully saturated rings. The van der Waals surface area contributed by atoms with E-state index in [0.29, 0.717) is 0 Å². The van der Waals surface area contributed by atoms with Crippen molar-refractivity contribution < 1.29 is 9.64 Å². The molecule has 0 aromatic rings. The summed E-state index contributed by atoms with van der Waals surface area (Å²) in [4.78, 5) is 1.65. The van der Waals surface area contributed by atoms with E-state index in [1.165, 1.54) is 32.0 Å². The molecule has 104 valence electrons. The molecule has 0 heterocycles. The van der Waals surface area contributed by atoms with Gasteiger partial charge >= 0.3 is 0 Å². The minimum Gasteiger partial charge on any atom is -0.384 e. The normalized spacial score (nSPS) is 13.9. The van der Waals surface area contributed by atoms with E-state index in [-0.39, 0.29) is 0 Å². The Hall–Kier alpha value is 0.427. The molecule has 4 heteroatoms.